The van der Waals surface area contributed by atoms with E-state index in [1.807, 2.05) is 0 Å². The summed E-state index contributed by atoms with van der Waals surface area (Å²) in [6, 6.07) is 9.98. The highest BCUT2D eigenvalue weighted by Crippen LogP contribution is 2.51. The molecule has 5 rings (SSSR count). The van der Waals surface area contributed by atoms with Gasteiger partial charge in [0.15, 0.2) is 5.54 Å². The summed E-state index contributed by atoms with van der Waals surface area (Å²) in [5.74, 6) is -4.21. The van der Waals surface area contributed by atoms with E-state index in [1.54, 1.807) is 64.1 Å². The Morgan fingerprint density at radius 3 is 2.39 bits per heavy atom. The van der Waals surface area contributed by atoms with Gasteiger partial charge >= 0.3 is 18.2 Å². The van der Waals surface area contributed by atoms with Gasteiger partial charge in [0.1, 0.15) is 29.6 Å². The molecular formula is C43H53FN4O9. The van der Waals surface area contributed by atoms with Crippen molar-refractivity contribution < 1.29 is 47.4 Å². The van der Waals surface area contributed by atoms with Crippen molar-refractivity contribution in [3.05, 3.63) is 96.3 Å². The second-order valence-electron chi connectivity index (χ2n) is 15.6. The van der Waals surface area contributed by atoms with Gasteiger partial charge in [0.25, 0.3) is 11.8 Å². The van der Waals surface area contributed by atoms with Crippen LogP contribution in [0.25, 0.3) is 0 Å². The number of allylic oxidation sites excluding steroid dienone is 1. The number of nitrogens with one attached hydrogen (secondary N) is 1. The molecule has 2 aromatic rings. The van der Waals surface area contributed by atoms with Gasteiger partial charge in [-0.1, -0.05) is 55.3 Å². The van der Waals surface area contributed by atoms with Crippen LogP contribution in [0.15, 0.2) is 73.8 Å². The second kappa shape index (κ2) is 18.2. The number of carbonyl (C=O) groups is 6. The van der Waals surface area contributed by atoms with Crippen LogP contribution in [0.3, 0.4) is 0 Å². The number of esters is 1. The Morgan fingerprint density at radius 1 is 1.02 bits per heavy atom. The minimum absolute atomic E-state index is 0.0207. The SMILES string of the molecule is C=CCCCCC[C@H](NC(=O)OC(C)(C)C)C(=O)N1C[C@H](OC(=O)N2Cc3cccc(F)c3C2)C[C@H]1C(=O)N(C(=O)c1ccccc1)[C@]1(C(=O)OCC)C[C@H]1C=C. The molecule has 2 fully saturated rings. The second-order valence-corrected chi connectivity index (χ2v) is 15.6. The summed E-state index contributed by atoms with van der Waals surface area (Å²) in [6.45, 7) is 14.0. The van der Waals surface area contributed by atoms with E-state index in [-0.39, 0.29) is 51.1 Å². The number of alkyl carbamates (subject to hydrolysis) is 1. The number of likely N-dealkylation sites (tertiary alicyclic amines) is 1. The molecule has 57 heavy (non-hydrogen) atoms. The van der Waals surface area contributed by atoms with Gasteiger partial charge in [-0.25, -0.2) is 18.8 Å². The molecule has 1 saturated heterocycles. The number of amides is 5. The zero-order chi connectivity index (χ0) is 41.5. The minimum atomic E-state index is -1.74. The molecular weight excluding hydrogens is 735 g/mol. The topological polar surface area (TPSA) is 152 Å². The number of halogens is 1. The standard InChI is InChI=1S/C43H53FN4O9/c1-7-10-11-12-16-22-34(45-40(53)57-42(4,5)6)37(50)47-26-31(56-41(54)46-25-29-20-17-21-33(44)32(29)27-46)23-35(47)38(51)48(36(49)28-18-14-13-15-19-28)43(24-30(43)8-2)39(52)55-9-3/h7-8,13-15,17-21,30-31,34-35H,1-2,9-12,16,22-27H2,3-6H3,(H,45,53)/t30-,31-,34+,35+,43-/m1/s1. The van der Waals surface area contributed by atoms with E-state index in [0.717, 1.165) is 24.2 Å². The van der Waals surface area contributed by atoms with E-state index in [1.165, 1.54) is 34.1 Å². The fourth-order valence-electron chi connectivity index (χ4n) is 7.54. The van der Waals surface area contributed by atoms with Crippen molar-refractivity contribution in [1.29, 1.82) is 0 Å². The first-order valence-electron chi connectivity index (χ1n) is 19.5. The Bertz CT molecular complexity index is 1860. The normalized spacial score (nSPS) is 21.5. The van der Waals surface area contributed by atoms with Crippen molar-refractivity contribution in [2.45, 2.75) is 115 Å². The number of rotatable bonds is 15. The molecule has 5 atom stereocenters. The molecule has 0 unspecified atom stereocenters. The van der Waals surface area contributed by atoms with Crippen LogP contribution in [0.1, 0.15) is 94.1 Å². The third-order valence-electron chi connectivity index (χ3n) is 10.4. The number of benzene rings is 2. The molecule has 306 valence electrons. The molecule has 2 heterocycles. The van der Waals surface area contributed by atoms with E-state index in [0.29, 0.717) is 17.5 Å². The lowest BCUT2D eigenvalue weighted by Crippen LogP contribution is -2.59. The van der Waals surface area contributed by atoms with Crippen molar-refractivity contribution in [3.63, 3.8) is 0 Å². The molecule has 0 aromatic heterocycles. The van der Waals surface area contributed by atoms with Crippen LogP contribution < -0.4 is 5.32 Å². The predicted octanol–water partition coefficient (Wildman–Crippen LogP) is 6.45. The van der Waals surface area contributed by atoms with Crippen LogP contribution >= 0.6 is 0 Å². The Labute approximate surface area is 333 Å². The van der Waals surface area contributed by atoms with Crippen molar-refractivity contribution >= 4 is 35.9 Å². The monoisotopic (exact) mass is 788 g/mol. The zero-order valence-electron chi connectivity index (χ0n) is 33.2. The van der Waals surface area contributed by atoms with Gasteiger partial charge < -0.3 is 24.4 Å². The first kappa shape index (κ1) is 42.6. The van der Waals surface area contributed by atoms with E-state index < -0.39 is 76.9 Å². The summed E-state index contributed by atoms with van der Waals surface area (Å²) in [4.78, 5) is 88.2. The van der Waals surface area contributed by atoms with Gasteiger partial charge in [-0.15, -0.1) is 13.2 Å². The first-order valence-corrected chi connectivity index (χ1v) is 19.5. The van der Waals surface area contributed by atoms with Crippen LogP contribution in [0.5, 0.6) is 0 Å². The fraction of sp³-hybridized carbons (Fsp3) is 0.488. The van der Waals surface area contributed by atoms with Crippen molar-refractivity contribution in [3.8, 4) is 0 Å². The molecule has 0 radical (unpaired) electrons. The van der Waals surface area contributed by atoms with Crippen LogP contribution in [0.4, 0.5) is 14.0 Å². The quantitative estimate of drug-likeness (QED) is 0.0706. The Kier molecular flexibility index (Phi) is 13.6. The summed E-state index contributed by atoms with van der Waals surface area (Å²) < 4.78 is 31.4. The lowest BCUT2D eigenvalue weighted by atomic mass is 10.0. The molecule has 2 aromatic carbocycles. The van der Waals surface area contributed by atoms with Crippen LogP contribution in [0, 0.1) is 11.7 Å². The first-order chi connectivity index (χ1) is 27.1. The van der Waals surface area contributed by atoms with Crippen molar-refractivity contribution in [2.24, 2.45) is 5.92 Å². The minimum Gasteiger partial charge on any atom is -0.464 e. The van der Waals surface area contributed by atoms with Crippen LogP contribution in [0.2, 0.25) is 0 Å². The molecule has 2 aliphatic heterocycles. The fourth-order valence-corrected chi connectivity index (χ4v) is 7.54. The van der Waals surface area contributed by atoms with E-state index in [2.05, 4.69) is 18.5 Å². The molecule has 3 aliphatic rings. The third-order valence-corrected chi connectivity index (χ3v) is 10.4. The van der Waals surface area contributed by atoms with Gasteiger partial charge in [-0.05, 0) is 77.1 Å². The highest BCUT2D eigenvalue weighted by molar-refractivity contribution is 6.11. The largest absolute Gasteiger partial charge is 0.464 e. The number of hydrogen-bond donors (Lipinski definition) is 1. The molecule has 1 aliphatic carbocycles. The molecule has 5 amide bonds. The predicted molar refractivity (Wildman–Crippen MR) is 208 cm³/mol. The number of ether oxygens (including phenoxy) is 3. The van der Waals surface area contributed by atoms with Gasteiger partial charge in [0.05, 0.1) is 19.7 Å². The molecule has 13 nitrogen and oxygen atoms in total. The zero-order valence-corrected chi connectivity index (χ0v) is 33.2. The van der Waals surface area contributed by atoms with E-state index in [9.17, 15) is 28.4 Å². The van der Waals surface area contributed by atoms with Gasteiger partial charge in [0.2, 0.25) is 5.91 Å². The highest BCUT2D eigenvalue weighted by atomic mass is 19.1. The summed E-state index contributed by atoms with van der Waals surface area (Å²) in [6.07, 6.45) is 3.43. The van der Waals surface area contributed by atoms with Gasteiger partial charge in [-0.2, -0.15) is 0 Å². The maximum absolute atomic E-state index is 15.1. The Hall–Kier alpha value is -5.53. The summed E-state index contributed by atoms with van der Waals surface area (Å²) in [5, 5.41) is 2.68. The number of fused-ring (bicyclic) bond motifs is 1. The molecule has 1 N–H and O–H groups in total. The van der Waals surface area contributed by atoms with E-state index in [4.69, 9.17) is 14.2 Å². The maximum Gasteiger partial charge on any atom is 0.410 e. The summed E-state index contributed by atoms with van der Waals surface area (Å²) in [7, 11) is 0. The van der Waals surface area contributed by atoms with E-state index >= 15 is 4.79 Å². The average Bonchev–Trinajstić information content (AvgIpc) is 3.48. The number of carbonyl (C=O) groups excluding carboxylic acids is 6. The van der Waals surface area contributed by atoms with Crippen LogP contribution in [-0.2, 0) is 41.7 Å². The molecule has 0 bridgehead atoms. The van der Waals surface area contributed by atoms with Gasteiger partial charge in [-0.3, -0.25) is 24.2 Å². The number of imide groups is 1. The number of hydrogen-bond acceptors (Lipinski definition) is 9. The van der Waals surface area contributed by atoms with Gasteiger partial charge in [0, 0.05) is 30.0 Å². The molecule has 14 heteroatoms. The third kappa shape index (κ3) is 9.72. The highest BCUT2D eigenvalue weighted by Gasteiger charge is 2.68. The molecule has 0 spiro atoms. The molecule has 1 saturated carbocycles. The van der Waals surface area contributed by atoms with Crippen molar-refractivity contribution in [1.82, 2.24) is 20.0 Å². The number of nitrogens with zero attached hydrogens (tertiary/aromatic N) is 3. The summed E-state index contributed by atoms with van der Waals surface area (Å²) >= 11 is 0. The average molecular weight is 789 g/mol. The maximum atomic E-state index is 15.1. The smallest absolute Gasteiger partial charge is 0.410 e. The Balaban J connectivity index is 1.51. The lowest BCUT2D eigenvalue weighted by molar-refractivity contribution is -0.157. The van der Waals surface area contributed by atoms with Crippen molar-refractivity contribution in [2.75, 3.05) is 13.2 Å². The van der Waals surface area contributed by atoms with Crippen LogP contribution in [-0.4, -0.2) is 93.1 Å². The Morgan fingerprint density at radius 2 is 1.75 bits per heavy atom. The number of unbranched alkanes of at least 4 members (excludes halogenated alkanes) is 3. The lowest BCUT2D eigenvalue weighted by Gasteiger charge is -2.35. The summed E-state index contributed by atoms with van der Waals surface area (Å²) in [5.41, 5.74) is -1.50.